The number of rotatable bonds is 5. The topological polar surface area (TPSA) is 64.2 Å². The van der Waals surface area contributed by atoms with Gasteiger partial charge in [0.25, 0.3) is 0 Å². The summed E-state index contributed by atoms with van der Waals surface area (Å²) in [5.41, 5.74) is 7.69. The Bertz CT molecular complexity index is 471. The molecule has 6 heteroatoms. The van der Waals surface area contributed by atoms with Gasteiger partial charge in [-0.25, -0.2) is 0 Å². The first-order valence-corrected chi connectivity index (χ1v) is 7.65. The van der Waals surface area contributed by atoms with E-state index in [1.807, 2.05) is 4.68 Å². The molecule has 0 spiro atoms. The molecule has 106 valence electrons. The van der Waals surface area contributed by atoms with Crippen LogP contribution in [0.2, 0.25) is 0 Å². The molecule has 2 rings (SSSR count). The van der Waals surface area contributed by atoms with E-state index in [1.165, 1.54) is 0 Å². The number of likely N-dealkylation sites (tertiary alicyclic amines) is 1. The molecule has 2 heterocycles. The fraction of sp³-hybridized carbons (Fsp3) is 0.692. The van der Waals surface area contributed by atoms with Crippen LogP contribution in [0.4, 0.5) is 0 Å². The molecule has 1 saturated heterocycles. The van der Waals surface area contributed by atoms with Gasteiger partial charge in [-0.15, -0.1) is 0 Å². The average Bonchev–Trinajstić information content (AvgIpc) is 2.96. The van der Waals surface area contributed by atoms with Crippen LogP contribution in [-0.4, -0.2) is 33.2 Å². The highest BCUT2D eigenvalue weighted by atomic mass is 79.9. The molecule has 1 unspecified atom stereocenters. The second kappa shape index (κ2) is 6.05. The summed E-state index contributed by atoms with van der Waals surface area (Å²) in [5, 5.41) is 4.59. The van der Waals surface area contributed by atoms with Crippen LogP contribution in [0.1, 0.15) is 38.1 Å². The Morgan fingerprint density at radius 1 is 1.53 bits per heavy atom. The Kier molecular flexibility index (Phi) is 4.62. The van der Waals surface area contributed by atoms with Crippen LogP contribution in [0, 0.1) is 0 Å². The predicted octanol–water partition coefficient (Wildman–Crippen LogP) is 1.68. The highest BCUT2D eigenvalue weighted by molar-refractivity contribution is 9.10. The third kappa shape index (κ3) is 2.84. The molecule has 1 fully saturated rings. The van der Waals surface area contributed by atoms with Gasteiger partial charge in [0.1, 0.15) is 0 Å². The first-order chi connectivity index (χ1) is 9.08. The molecular weight excluding hydrogens is 308 g/mol. The lowest BCUT2D eigenvalue weighted by Gasteiger charge is -2.22. The molecule has 5 nitrogen and oxygen atoms in total. The van der Waals surface area contributed by atoms with Crippen molar-refractivity contribution < 1.29 is 4.79 Å². The third-order valence-electron chi connectivity index (χ3n) is 3.74. The molecule has 1 aromatic rings. The van der Waals surface area contributed by atoms with E-state index in [4.69, 9.17) is 5.73 Å². The molecule has 0 aliphatic carbocycles. The van der Waals surface area contributed by atoms with Crippen LogP contribution in [0.3, 0.4) is 0 Å². The van der Waals surface area contributed by atoms with Gasteiger partial charge >= 0.3 is 0 Å². The van der Waals surface area contributed by atoms with Gasteiger partial charge in [-0.1, -0.05) is 6.92 Å². The van der Waals surface area contributed by atoms with E-state index < -0.39 is 0 Å². The second-order valence-corrected chi connectivity index (χ2v) is 5.70. The van der Waals surface area contributed by atoms with Crippen molar-refractivity contribution in [3.05, 3.63) is 15.9 Å². The zero-order valence-electron chi connectivity index (χ0n) is 11.5. The van der Waals surface area contributed by atoms with Crippen molar-refractivity contribution in [3.63, 3.8) is 0 Å². The Hall–Kier alpha value is -0.880. The number of amides is 1. The van der Waals surface area contributed by atoms with Gasteiger partial charge in [-0.3, -0.25) is 14.4 Å². The van der Waals surface area contributed by atoms with Gasteiger partial charge in [0.05, 0.1) is 21.9 Å². The molecular formula is C13H21BrN4O. The smallest absolute Gasteiger partial charge is 0.234 e. The molecule has 1 atom stereocenters. The van der Waals surface area contributed by atoms with Crippen LogP contribution >= 0.6 is 15.9 Å². The van der Waals surface area contributed by atoms with E-state index in [-0.39, 0.29) is 11.9 Å². The first-order valence-electron chi connectivity index (χ1n) is 6.85. The normalized spacial score (nSPS) is 20.1. The zero-order chi connectivity index (χ0) is 14.0. The number of nitrogens with zero attached hydrogens (tertiary/aromatic N) is 3. The number of carbonyl (C=O) groups is 1. The van der Waals surface area contributed by atoms with E-state index >= 15 is 0 Å². The summed E-state index contributed by atoms with van der Waals surface area (Å²) in [6.07, 6.45) is 2.81. The predicted molar refractivity (Wildman–Crippen MR) is 77.6 cm³/mol. The van der Waals surface area contributed by atoms with Gasteiger partial charge < -0.3 is 5.73 Å². The molecule has 0 radical (unpaired) electrons. The number of nitrogens with two attached hydrogens (primary N) is 1. The molecule has 0 aromatic carbocycles. The van der Waals surface area contributed by atoms with Crippen molar-refractivity contribution in [1.82, 2.24) is 14.7 Å². The maximum Gasteiger partial charge on any atom is 0.234 e. The van der Waals surface area contributed by atoms with Gasteiger partial charge in [0, 0.05) is 13.1 Å². The quantitative estimate of drug-likeness (QED) is 0.894. The monoisotopic (exact) mass is 328 g/mol. The van der Waals surface area contributed by atoms with Crippen molar-refractivity contribution in [1.29, 1.82) is 0 Å². The largest absolute Gasteiger partial charge is 0.368 e. The molecule has 2 N–H and O–H groups in total. The molecule has 1 amide bonds. The number of hydrogen-bond acceptors (Lipinski definition) is 3. The van der Waals surface area contributed by atoms with Crippen LogP contribution in [-0.2, 0) is 24.3 Å². The number of aryl methyl sites for hydroxylation is 2. The number of hydrogen-bond donors (Lipinski definition) is 1. The lowest BCUT2D eigenvalue weighted by molar-refractivity contribution is -0.122. The number of carbonyl (C=O) groups excluding carboxylic acids is 1. The summed E-state index contributed by atoms with van der Waals surface area (Å²) in [6.45, 7) is 6.67. The molecule has 0 bridgehead atoms. The van der Waals surface area contributed by atoms with E-state index in [0.717, 1.165) is 54.8 Å². The Morgan fingerprint density at radius 2 is 2.26 bits per heavy atom. The summed E-state index contributed by atoms with van der Waals surface area (Å²) in [7, 11) is 0. The summed E-state index contributed by atoms with van der Waals surface area (Å²) in [6, 6.07) is -0.128. The molecule has 1 aromatic heterocycles. The average molecular weight is 329 g/mol. The van der Waals surface area contributed by atoms with Crippen molar-refractivity contribution in [3.8, 4) is 0 Å². The molecule has 0 saturated carbocycles. The molecule has 1 aliphatic heterocycles. The van der Waals surface area contributed by atoms with Gasteiger partial charge in [0.15, 0.2) is 0 Å². The Balaban J connectivity index is 2.23. The summed E-state index contributed by atoms with van der Waals surface area (Å²) in [4.78, 5) is 13.6. The number of halogens is 1. The molecule has 1 aliphatic rings. The molecule has 19 heavy (non-hydrogen) atoms. The van der Waals surface area contributed by atoms with Gasteiger partial charge in [0.2, 0.25) is 5.91 Å². The summed E-state index contributed by atoms with van der Waals surface area (Å²) < 4.78 is 3.09. The van der Waals surface area contributed by atoms with Crippen molar-refractivity contribution in [2.45, 2.75) is 52.2 Å². The van der Waals surface area contributed by atoms with E-state index in [2.05, 4.69) is 39.8 Å². The fourth-order valence-corrected chi connectivity index (χ4v) is 3.39. The minimum absolute atomic E-state index is 0.128. The summed E-state index contributed by atoms with van der Waals surface area (Å²) in [5.74, 6) is -0.216. The van der Waals surface area contributed by atoms with Crippen molar-refractivity contribution >= 4 is 21.8 Å². The van der Waals surface area contributed by atoms with Crippen LogP contribution in [0.15, 0.2) is 4.47 Å². The SMILES string of the molecule is CCc1nn(CC)c(CN2CCCC2C(N)=O)c1Br. The Labute approximate surface area is 122 Å². The van der Waals surface area contributed by atoms with Crippen molar-refractivity contribution in [2.75, 3.05) is 6.54 Å². The van der Waals surface area contributed by atoms with Gasteiger partial charge in [-0.05, 0) is 48.7 Å². The summed E-state index contributed by atoms with van der Waals surface area (Å²) >= 11 is 3.64. The maximum atomic E-state index is 11.4. The van der Waals surface area contributed by atoms with Crippen molar-refractivity contribution in [2.24, 2.45) is 5.73 Å². The van der Waals surface area contributed by atoms with E-state index in [0.29, 0.717) is 0 Å². The highest BCUT2D eigenvalue weighted by Crippen LogP contribution is 2.27. The van der Waals surface area contributed by atoms with Crippen LogP contribution in [0.5, 0.6) is 0 Å². The van der Waals surface area contributed by atoms with E-state index in [1.54, 1.807) is 0 Å². The van der Waals surface area contributed by atoms with E-state index in [9.17, 15) is 4.79 Å². The lowest BCUT2D eigenvalue weighted by Crippen LogP contribution is -2.40. The Morgan fingerprint density at radius 3 is 2.84 bits per heavy atom. The first kappa shape index (κ1) is 14.5. The standard InChI is InChI=1S/C13H21BrN4O/c1-3-9-12(14)11(18(4-2)16-9)8-17-7-5-6-10(17)13(15)19/h10H,3-8H2,1-2H3,(H2,15,19). The van der Waals surface area contributed by atoms with Crippen LogP contribution in [0.25, 0.3) is 0 Å². The minimum atomic E-state index is -0.216. The number of primary amides is 1. The lowest BCUT2D eigenvalue weighted by atomic mass is 10.2. The van der Waals surface area contributed by atoms with Gasteiger partial charge in [-0.2, -0.15) is 5.10 Å². The minimum Gasteiger partial charge on any atom is -0.368 e. The highest BCUT2D eigenvalue weighted by Gasteiger charge is 2.30. The van der Waals surface area contributed by atoms with Crippen LogP contribution < -0.4 is 5.73 Å². The fourth-order valence-electron chi connectivity index (χ4n) is 2.70. The number of aromatic nitrogens is 2. The third-order valence-corrected chi connectivity index (χ3v) is 4.65. The zero-order valence-corrected chi connectivity index (χ0v) is 13.1. The second-order valence-electron chi connectivity index (χ2n) is 4.91. The maximum absolute atomic E-state index is 11.4.